The van der Waals surface area contributed by atoms with Crippen LogP contribution in [0.25, 0.3) is 0 Å². The van der Waals surface area contributed by atoms with Crippen LogP contribution in [0.5, 0.6) is 0 Å². The van der Waals surface area contributed by atoms with Crippen molar-refractivity contribution in [3.05, 3.63) is 34.3 Å². The maximum absolute atomic E-state index is 10.5. The third-order valence-electron chi connectivity index (χ3n) is 1.47. The molecule has 0 radical (unpaired) electrons. The average molecular weight is 216 g/mol. The second kappa shape index (κ2) is 4.38. The molecule has 0 saturated heterocycles. The summed E-state index contributed by atoms with van der Waals surface area (Å²) in [5.74, 6) is -0.0416. The Morgan fingerprint density at radius 3 is 2.85 bits per heavy atom. The summed E-state index contributed by atoms with van der Waals surface area (Å²) in [5.41, 5.74) is 0.877. The molecule has 0 aliphatic carbocycles. The Kier molecular flexibility index (Phi) is 3.43. The summed E-state index contributed by atoms with van der Waals surface area (Å²) in [5, 5.41) is 9.11. The van der Waals surface area contributed by atoms with Gasteiger partial charge in [0.05, 0.1) is 17.4 Å². The highest BCUT2D eigenvalue weighted by Crippen LogP contribution is 2.16. The summed E-state index contributed by atoms with van der Waals surface area (Å²) in [6.07, 6.45) is 0. The van der Waals surface area contributed by atoms with Crippen molar-refractivity contribution in [2.24, 2.45) is 0 Å². The van der Waals surface area contributed by atoms with Gasteiger partial charge in [-0.05, 0) is 17.7 Å². The van der Waals surface area contributed by atoms with Crippen LogP contribution in [-0.2, 0) is 16.8 Å². The van der Waals surface area contributed by atoms with Gasteiger partial charge in [-0.3, -0.25) is 0 Å². The molecule has 0 aliphatic rings. The molecule has 0 bridgehead atoms. The van der Waals surface area contributed by atoms with Crippen molar-refractivity contribution in [1.29, 1.82) is 5.26 Å². The molecular weight excluding hydrogens is 210 g/mol. The van der Waals surface area contributed by atoms with E-state index in [-0.39, 0.29) is 5.75 Å². The first-order chi connectivity index (χ1) is 6.13. The fourth-order valence-electron chi connectivity index (χ4n) is 0.912. The second-order valence-corrected chi connectivity index (χ2v) is 3.75. The van der Waals surface area contributed by atoms with Crippen LogP contribution in [0.4, 0.5) is 0 Å². The summed E-state index contributed by atoms with van der Waals surface area (Å²) < 4.78 is 19.1. The molecule has 0 amide bonds. The van der Waals surface area contributed by atoms with E-state index in [1.54, 1.807) is 12.1 Å². The van der Waals surface area contributed by atoms with Crippen molar-refractivity contribution in [3.63, 3.8) is 0 Å². The van der Waals surface area contributed by atoms with E-state index in [0.29, 0.717) is 16.1 Å². The van der Waals surface area contributed by atoms with Crippen molar-refractivity contribution in [2.75, 3.05) is 0 Å². The van der Waals surface area contributed by atoms with E-state index in [2.05, 4.69) is 0 Å². The van der Waals surface area contributed by atoms with E-state index in [1.807, 2.05) is 6.07 Å². The van der Waals surface area contributed by atoms with E-state index in [9.17, 15) is 4.21 Å². The lowest BCUT2D eigenvalue weighted by atomic mass is 10.1. The molecule has 1 atom stereocenters. The minimum atomic E-state index is -1.93. The maximum atomic E-state index is 10.5. The number of nitrogens with zero attached hydrogens (tertiary/aromatic N) is 1. The van der Waals surface area contributed by atoms with E-state index in [1.165, 1.54) is 6.07 Å². The van der Waals surface area contributed by atoms with Crippen LogP contribution in [0.2, 0.25) is 5.02 Å². The number of benzene rings is 1. The molecule has 0 aliphatic heterocycles. The first-order valence-corrected chi connectivity index (χ1v) is 5.05. The number of halogens is 1. The summed E-state index contributed by atoms with van der Waals surface area (Å²) in [6, 6.07) is 6.55. The topological polar surface area (TPSA) is 61.1 Å². The molecule has 0 spiro atoms. The van der Waals surface area contributed by atoms with Gasteiger partial charge in [-0.1, -0.05) is 17.7 Å². The highest BCUT2D eigenvalue weighted by molar-refractivity contribution is 7.78. The molecule has 0 saturated carbocycles. The maximum Gasteiger partial charge on any atom is 0.157 e. The molecule has 1 N–H and O–H groups in total. The Hall–Kier alpha value is -0.890. The van der Waals surface area contributed by atoms with Crippen LogP contribution in [-0.4, -0.2) is 8.76 Å². The predicted octanol–water partition coefficient (Wildman–Crippen LogP) is 1.93. The van der Waals surface area contributed by atoms with Crippen LogP contribution in [0, 0.1) is 11.3 Å². The molecule has 68 valence electrons. The first-order valence-electron chi connectivity index (χ1n) is 3.39. The summed E-state index contributed by atoms with van der Waals surface area (Å²) >= 11 is 3.71. The largest absolute Gasteiger partial charge is 0.306 e. The lowest BCUT2D eigenvalue weighted by Gasteiger charge is -2.00. The van der Waals surface area contributed by atoms with Gasteiger partial charge in [0, 0.05) is 5.02 Å². The van der Waals surface area contributed by atoms with Crippen LogP contribution >= 0.6 is 11.6 Å². The molecule has 1 aromatic rings. The van der Waals surface area contributed by atoms with E-state index in [0.717, 1.165) is 0 Å². The van der Waals surface area contributed by atoms with Gasteiger partial charge in [0.1, 0.15) is 0 Å². The quantitative estimate of drug-likeness (QED) is 0.767. The normalized spacial score (nSPS) is 12.1. The zero-order valence-electron chi connectivity index (χ0n) is 6.53. The number of hydrogen-bond acceptors (Lipinski definition) is 2. The van der Waals surface area contributed by atoms with Crippen molar-refractivity contribution in [2.45, 2.75) is 5.75 Å². The summed E-state index contributed by atoms with van der Waals surface area (Å²) in [4.78, 5) is 0. The number of nitriles is 1. The molecular formula is C8H6ClNO2S. The van der Waals surface area contributed by atoms with Crippen LogP contribution in [0.15, 0.2) is 18.2 Å². The highest BCUT2D eigenvalue weighted by Gasteiger charge is 2.05. The molecule has 0 fully saturated rings. The lowest BCUT2D eigenvalue weighted by Crippen LogP contribution is -1.95. The predicted molar refractivity (Wildman–Crippen MR) is 50.6 cm³/mol. The molecule has 13 heavy (non-hydrogen) atoms. The Morgan fingerprint density at radius 2 is 2.31 bits per heavy atom. The molecule has 1 aromatic carbocycles. The third-order valence-corrected chi connectivity index (χ3v) is 2.26. The Balaban J connectivity index is 3.08. The second-order valence-electron chi connectivity index (χ2n) is 2.38. The molecule has 1 unspecified atom stereocenters. The minimum absolute atomic E-state index is 0.0416. The van der Waals surface area contributed by atoms with Gasteiger partial charge in [-0.2, -0.15) is 5.26 Å². The molecule has 0 aromatic heterocycles. The van der Waals surface area contributed by atoms with Crippen molar-refractivity contribution >= 4 is 22.7 Å². The molecule has 1 rings (SSSR count). The van der Waals surface area contributed by atoms with Crippen LogP contribution < -0.4 is 0 Å². The van der Waals surface area contributed by atoms with E-state index >= 15 is 0 Å². The Bertz CT molecular complexity index is 386. The van der Waals surface area contributed by atoms with E-state index < -0.39 is 11.1 Å². The van der Waals surface area contributed by atoms with E-state index in [4.69, 9.17) is 21.4 Å². The summed E-state index contributed by atoms with van der Waals surface area (Å²) in [6.45, 7) is 0. The Morgan fingerprint density at radius 1 is 1.62 bits per heavy atom. The SMILES string of the molecule is N#Cc1cc(Cl)ccc1CS(=O)O. The fourth-order valence-corrected chi connectivity index (χ4v) is 1.60. The van der Waals surface area contributed by atoms with Gasteiger partial charge in [0.15, 0.2) is 11.1 Å². The fraction of sp³-hybridized carbons (Fsp3) is 0.125. The summed E-state index contributed by atoms with van der Waals surface area (Å²) in [7, 11) is 0. The smallest absolute Gasteiger partial charge is 0.157 e. The molecule has 0 heterocycles. The minimum Gasteiger partial charge on any atom is -0.306 e. The first kappa shape index (κ1) is 10.2. The third kappa shape index (κ3) is 2.81. The number of rotatable bonds is 2. The number of hydrogen-bond donors (Lipinski definition) is 1. The zero-order chi connectivity index (χ0) is 9.84. The van der Waals surface area contributed by atoms with Crippen LogP contribution in [0.1, 0.15) is 11.1 Å². The van der Waals surface area contributed by atoms with Gasteiger partial charge < -0.3 is 4.55 Å². The Labute approximate surface area is 83.2 Å². The van der Waals surface area contributed by atoms with Crippen molar-refractivity contribution in [3.8, 4) is 6.07 Å². The van der Waals surface area contributed by atoms with Crippen molar-refractivity contribution in [1.82, 2.24) is 0 Å². The van der Waals surface area contributed by atoms with Gasteiger partial charge in [-0.15, -0.1) is 0 Å². The van der Waals surface area contributed by atoms with Gasteiger partial charge in [0.25, 0.3) is 0 Å². The zero-order valence-corrected chi connectivity index (χ0v) is 8.10. The van der Waals surface area contributed by atoms with Gasteiger partial charge in [-0.25, -0.2) is 4.21 Å². The average Bonchev–Trinajstić information content (AvgIpc) is 2.07. The van der Waals surface area contributed by atoms with Crippen molar-refractivity contribution < 1.29 is 8.76 Å². The van der Waals surface area contributed by atoms with Crippen LogP contribution in [0.3, 0.4) is 0 Å². The monoisotopic (exact) mass is 215 g/mol. The van der Waals surface area contributed by atoms with Gasteiger partial charge in [0.2, 0.25) is 0 Å². The van der Waals surface area contributed by atoms with Gasteiger partial charge >= 0.3 is 0 Å². The highest BCUT2D eigenvalue weighted by atomic mass is 35.5. The molecule has 5 heteroatoms. The standard InChI is InChI=1S/C8H6ClNO2S/c9-8-2-1-6(5-13(11)12)7(3-8)4-10/h1-3H,5H2,(H,11,12). The lowest BCUT2D eigenvalue weighted by molar-refractivity contribution is 0.563. The molecule has 3 nitrogen and oxygen atoms in total.